The SMILES string of the molecule is Fc1ccc(/C=C/c2ccc(-c3cc(-c4ccc(Cl)c(Cl)c4)no3)cc2)c(F)c1. The van der Waals surface area contributed by atoms with E-state index in [0.29, 0.717) is 27.1 Å². The molecule has 0 spiro atoms. The molecule has 0 unspecified atom stereocenters. The maximum Gasteiger partial charge on any atom is 0.167 e. The summed E-state index contributed by atoms with van der Waals surface area (Å²) >= 11 is 12.0. The first-order valence-corrected chi connectivity index (χ1v) is 9.41. The van der Waals surface area contributed by atoms with Gasteiger partial charge in [0.2, 0.25) is 0 Å². The van der Waals surface area contributed by atoms with Crippen molar-refractivity contribution in [3.8, 4) is 22.6 Å². The first-order valence-electron chi connectivity index (χ1n) is 8.65. The van der Waals surface area contributed by atoms with Gasteiger partial charge in [-0.15, -0.1) is 0 Å². The third-order valence-corrected chi connectivity index (χ3v) is 5.08. The van der Waals surface area contributed by atoms with Crippen molar-refractivity contribution in [1.29, 1.82) is 0 Å². The lowest BCUT2D eigenvalue weighted by molar-refractivity contribution is 0.435. The third kappa shape index (κ3) is 4.39. The Labute approximate surface area is 176 Å². The minimum atomic E-state index is -0.602. The summed E-state index contributed by atoms with van der Waals surface area (Å²) in [4.78, 5) is 0. The Morgan fingerprint density at radius 1 is 0.759 bits per heavy atom. The van der Waals surface area contributed by atoms with Gasteiger partial charge in [-0.3, -0.25) is 0 Å². The van der Waals surface area contributed by atoms with Crippen molar-refractivity contribution in [2.24, 2.45) is 0 Å². The number of hydrogen-bond donors (Lipinski definition) is 0. The molecule has 0 aliphatic carbocycles. The summed E-state index contributed by atoms with van der Waals surface area (Å²) in [5, 5.41) is 5.01. The Morgan fingerprint density at radius 3 is 2.24 bits per heavy atom. The number of hydrogen-bond acceptors (Lipinski definition) is 2. The molecule has 2 nitrogen and oxygen atoms in total. The van der Waals surface area contributed by atoms with Gasteiger partial charge in [0.1, 0.15) is 17.3 Å². The van der Waals surface area contributed by atoms with E-state index in [4.69, 9.17) is 27.7 Å². The van der Waals surface area contributed by atoms with Gasteiger partial charge in [-0.25, -0.2) is 8.78 Å². The molecule has 0 radical (unpaired) electrons. The molecular weight excluding hydrogens is 415 g/mol. The fourth-order valence-corrected chi connectivity index (χ4v) is 3.08. The molecule has 29 heavy (non-hydrogen) atoms. The van der Waals surface area contributed by atoms with E-state index in [1.54, 1.807) is 24.3 Å². The highest BCUT2D eigenvalue weighted by Crippen LogP contribution is 2.30. The fourth-order valence-electron chi connectivity index (χ4n) is 2.78. The van der Waals surface area contributed by atoms with Crippen LogP contribution in [-0.4, -0.2) is 5.16 Å². The summed E-state index contributed by atoms with van der Waals surface area (Å²) in [5.41, 5.74) is 3.47. The van der Waals surface area contributed by atoms with Crippen molar-refractivity contribution in [3.05, 3.63) is 99.5 Å². The van der Waals surface area contributed by atoms with Gasteiger partial charge in [0.05, 0.1) is 10.0 Å². The van der Waals surface area contributed by atoms with Crippen LogP contribution in [0.25, 0.3) is 34.7 Å². The molecule has 0 aliphatic rings. The molecule has 0 saturated carbocycles. The highest BCUT2D eigenvalue weighted by molar-refractivity contribution is 6.42. The van der Waals surface area contributed by atoms with Crippen LogP contribution in [0.4, 0.5) is 8.78 Å². The summed E-state index contributed by atoms with van der Waals surface area (Å²) in [6.45, 7) is 0. The van der Waals surface area contributed by atoms with Crippen LogP contribution >= 0.6 is 23.2 Å². The Hall–Kier alpha value is -2.95. The van der Waals surface area contributed by atoms with Gasteiger partial charge < -0.3 is 4.52 Å². The Morgan fingerprint density at radius 2 is 1.52 bits per heavy atom. The summed E-state index contributed by atoms with van der Waals surface area (Å²) in [6.07, 6.45) is 3.35. The molecule has 0 saturated heterocycles. The first-order chi connectivity index (χ1) is 14.0. The Balaban J connectivity index is 1.53. The molecule has 0 N–H and O–H groups in total. The summed E-state index contributed by atoms with van der Waals surface area (Å²) in [7, 11) is 0. The monoisotopic (exact) mass is 427 g/mol. The van der Waals surface area contributed by atoms with E-state index in [1.165, 1.54) is 12.1 Å². The standard InChI is InChI=1S/C23H13Cl2F2NO/c24-19-10-8-17(11-20(19)25)22-13-23(29-28-22)16-5-2-14(3-6-16)1-4-15-7-9-18(26)12-21(15)27/h1-13H/b4-1+. The first kappa shape index (κ1) is 19.4. The maximum atomic E-state index is 13.7. The Bertz CT molecular complexity index is 1200. The zero-order valence-corrected chi connectivity index (χ0v) is 16.4. The van der Waals surface area contributed by atoms with Gasteiger partial charge in [-0.1, -0.05) is 70.8 Å². The zero-order valence-electron chi connectivity index (χ0n) is 14.9. The van der Waals surface area contributed by atoms with E-state index >= 15 is 0 Å². The molecule has 0 atom stereocenters. The van der Waals surface area contributed by atoms with E-state index in [0.717, 1.165) is 22.8 Å². The van der Waals surface area contributed by atoms with E-state index < -0.39 is 11.6 Å². The van der Waals surface area contributed by atoms with Gasteiger partial charge >= 0.3 is 0 Å². The molecule has 0 bridgehead atoms. The van der Waals surface area contributed by atoms with Crippen LogP contribution in [0.2, 0.25) is 10.0 Å². The largest absolute Gasteiger partial charge is 0.356 e. The minimum Gasteiger partial charge on any atom is -0.356 e. The average Bonchev–Trinajstić information content (AvgIpc) is 3.20. The molecule has 4 aromatic rings. The molecular formula is C23H13Cl2F2NO. The lowest BCUT2D eigenvalue weighted by Crippen LogP contribution is -1.83. The second kappa shape index (κ2) is 8.19. The highest BCUT2D eigenvalue weighted by Gasteiger charge is 2.10. The minimum absolute atomic E-state index is 0.317. The fraction of sp³-hybridized carbons (Fsp3) is 0. The van der Waals surface area contributed by atoms with Crippen LogP contribution in [-0.2, 0) is 0 Å². The number of rotatable bonds is 4. The van der Waals surface area contributed by atoms with Crippen molar-refractivity contribution in [2.75, 3.05) is 0 Å². The maximum absolute atomic E-state index is 13.7. The van der Waals surface area contributed by atoms with Crippen LogP contribution in [0.3, 0.4) is 0 Å². The number of aromatic nitrogens is 1. The van der Waals surface area contributed by atoms with E-state index in [-0.39, 0.29) is 0 Å². The highest BCUT2D eigenvalue weighted by atomic mass is 35.5. The van der Waals surface area contributed by atoms with E-state index in [9.17, 15) is 8.78 Å². The zero-order chi connectivity index (χ0) is 20.4. The molecule has 0 amide bonds. The van der Waals surface area contributed by atoms with E-state index in [1.807, 2.05) is 36.4 Å². The molecule has 3 aromatic carbocycles. The quantitative estimate of drug-likeness (QED) is 0.311. The van der Waals surface area contributed by atoms with Crippen molar-refractivity contribution in [2.45, 2.75) is 0 Å². The molecule has 0 fully saturated rings. The van der Waals surface area contributed by atoms with Crippen molar-refractivity contribution < 1.29 is 13.3 Å². The predicted octanol–water partition coefficient (Wildman–Crippen LogP) is 7.76. The van der Waals surface area contributed by atoms with Gasteiger partial charge in [0.15, 0.2) is 5.76 Å². The lowest BCUT2D eigenvalue weighted by Gasteiger charge is -1.99. The average molecular weight is 428 g/mol. The molecule has 0 aliphatic heterocycles. The van der Waals surface area contributed by atoms with Gasteiger partial charge in [-0.05, 0) is 29.8 Å². The van der Waals surface area contributed by atoms with Crippen LogP contribution < -0.4 is 0 Å². The Kier molecular flexibility index (Phi) is 5.47. The molecule has 1 aromatic heterocycles. The van der Waals surface area contributed by atoms with E-state index in [2.05, 4.69) is 5.16 Å². The molecule has 6 heteroatoms. The van der Waals surface area contributed by atoms with Crippen LogP contribution in [0.15, 0.2) is 71.3 Å². The lowest BCUT2D eigenvalue weighted by atomic mass is 10.1. The number of benzene rings is 3. The van der Waals surface area contributed by atoms with Crippen LogP contribution in [0, 0.1) is 11.6 Å². The number of halogens is 4. The summed E-state index contributed by atoms with van der Waals surface area (Å²) in [5.74, 6) is -0.600. The second-order valence-electron chi connectivity index (χ2n) is 6.33. The predicted molar refractivity (Wildman–Crippen MR) is 113 cm³/mol. The normalized spacial score (nSPS) is 11.3. The van der Waals surface area contributed by atoms with Gasteiger partial charge in [0, 0.05) is 28.8 Å². The van der Waals surface area contributed by atoms with Crippen LogP contribution in [0.5, 0.6) is 0 Å². The van der Waals surface area contributed by atoms with Crippen molar-refractivity contribution >= 4 is 35.4 Å². The summed E-state index contributed by atoms with van der Waals surface area (Å²) < 4.78 is 32.1. The van der Waals surface area contributed by atoms with Crippen molar-refractivity contribution in [1.82, 2.24) is 5.16 Å². The molecule has 1 heterocycles. The third-order valence-electron chi connectivity index (χ3n) is 4.34. The van der Waals surface area contributed by atoms with Crippen molar-refractivity contribution in [3.63, 3.8) is 0 Å². The second-order valence-corrected chi connectivity index (χ2v) is 7.14. The smallest absolute Gasteiger partial charge is 0.167 e. The van der Waals surface area contributed by atoms with Gasteiger partial charge in [-0.2, -0.15) is 0 Å². The van der Waals surface area contributed by atoms with Gasteiger partial charge in [0.25, 0.3) is 0 Å². The number of nitrogens with zero attached hydrogens (tertiary/aromatic N) is 1. The topological polar surface area (TPSA) is 26.0 Å². The molecule has 4 rings (SSSR count). The molecule has 144 valence electrons. The summed E-state index contributed by atoms with van der Waals surface area (Å²) in [6, 6.07) is 18.0. The van der Waals surface area contributed by atoms with Crippen LogP contribution in [0.1, 0.15) is 11.1 Å².